The highest BCUT2D eigenvalue weighted by Gasteiger charge is 2.01. The summed E-state index contributed by atoms with van der Waals surface area (Å²) >= 11 is 0. The number of para-hydroxylation sites is 1. The van der Waals surface area contributed by atoms with Gasteiger partial charge in [0.15, 0.2) is 5.23 Å². The van der Waals surface area contributed by atoms with E-state index in [0.717, 1.165) is 11.3 Å². The van der Waals surface area contributed by atoms with E-state index in [1.54, 1.807) is 7.11 Å². The summed E-state index contributed by atoms with van der Waals surface area (Å²) in [6.45, 7) is 4.00. The lowest BCUT2D eigenvalue weighted by Crippen LogP contribution is -1.89. The zero-order chi connectivity index (χ0) is 11.7. The Labute approximate surface area is 94.2 Å². The minimum Gasteiger partial charge on any atom is -0.496 e. The van der Waals surface area contributed by atoms with Gasteiger partial charge in [-0.1, -0.05) is 32.0 Å². The predicted octanol–water partition coefficient (Wildman–Crippen LogP) is 3.19. The highest BCUT2D eigenvalue weighted by molar-refractivity contribution is 8.13. The van der Waals surface area contributed by atoms with Gasteiger partial charge in [-0.15, -0.1) is 10.5 Å². The van der Waals surface area contributed by atoms with Gasteiger partial charge in [0, 0.05) is 11.3 Å². The van der Waals surface area contributed by atoms with Crippen LogP contribution in [-0.4, -0.2) is 18.6 Å². The summed E-state index contributed by atoms with van der Waals surface area (Å²) in [5, 5.41) is 1.99. The average molecular weight is 226 g/mol. The van der Waals surface area contributed by atoms with Crippen LogP contribution in [0.5, 0.6) is 5.75 Å². The van der Waals surface area contributed by atoms with Gasteiger partial charge in [-0.2, -0.15) is 0 Å². The Hall–Kier alpha value is -1.05. The fourth-order valence-corrected chi connectivity index (χ4v) is 1.85. The molecule has 84 valence electrons. The Morgan fingerprint density at radius 3 is 2.47 bits per heavy atom. The van der Waals surface area contributed by atoms with Crippen LogP contribution in [0.4, 0.5) is 0 Å². The Bertz CT molecular complexity index is 341. The summed E-state index contributed by atoms with van der Waals surface area (Å²) in [6, 6.07) is 7.73. The van der Waals surface area contributed by atoms with Gasteiger partial charge in [-0.05, 0) is 12.3 Å². The van der Waals surface area contributed by atoms with Crippen LogP contribution in [0.3, 0.4) is 0 Å². The van der Waals surface area contributed by atoms with E-state index in [1.807, 2.05) is 49.6 Å². The van der Waals surface area contributed by atoms with E-state index in [-0.39, 0.29) is 10.5 Å². The van der Waals surface area contributed by atoms with E-state index in [1.165, 1.54) is 0 Å². The molecule has 1 aromatic carbocycles. The molecule has 1 unspecified atom stereocenters. The lowest BCUT2D eigenvalue weighted by atomic mass is 10.2. The van der Waals surface area contributed by atoms with E-state index in [9.17, 15) is 4.79 Å². The summed E-state index contributed by atoms with van der Waals surface area (Å²) in [7, 11) is 1.31. The largest absolute Gasteiger partial charge is 0.496 e. The van der Waals surface area contributed by atoms with Crippen molar-refractivity contribution in [3.8, 4) is 5.75 Å². The first kappa shape index (κ1) is 13.9. The van der Waals surface area contributed by atoms with Crippen molar-refractivity contribution in [2.75, 3.05) is 13.4 Å². The molecule has 1 rings (SSSR count). The molecule has 0 radical (unpaired) electrons. The van der Waals surface area contributed by atoms with Crippen molar-refractivity contribution in [2.24, 2.45) is 0 Å². The summed E-state index contributed by atoms with van der Waals surface area (Å²) in [4.78, 5) is 10.4. The Balaban J connectivity index is 0.000000921. The van der Waals surface area contributed by atoms with Crippen molar-refractivity contribution in [3.05, 3.63) is 29.8 Å². The topological polar surface area (TPSA) is 26.3 Å². The number of methoxy groups -OCH3 is 1. The summed E-state index contributed by atoms with van der Waals surface area (Å²) < 4.78 is 5.17. The smallest absolute Gasteiger partial charge is 0.155 e. The normalized spacial score (nSPS) is 10.7. The maximum absolute atomic E-state index is 10.4. The van der Waals surface area contributed by atoms with Crippen LogP contribution in [0.1, 0.15) is 19.4 Å². The van der Waals surface area contributed by atoms with Crippen molar-refractivity contribution in [1.82, 2.24) is 0 Å². The van der Waals surface area contributed by atoms with Crippen molar-refractivity contribution >= 4 is 15.7 Å². The molecule has 0 amide bonds. The zero-order valence-electron chi connectivity index (χ0n) is 9.74. The summed E-state index contributed by atoms with van der Waals surface area (Å²) in [5.74, 6) is 1.56. The number of ether oxygens (including phenoxy) is 1. The Morgan fingerprint density at radius 2 is 1.93 bits per heavy atom. The van der Waals surface area contributed by atoms with Gasteiger partial charge < -0.3 is 4.74 Å². The molecule has 0 spiro atoms. The van der Waals surface area contributed by atoms with E-state index in [4.69, 9.17) is 4.74 Å². The number of hydrogen-bond donors (Lipinski definition) is 0. The maximum atomic E-state index is 10.4. The number of hydrogen-bond acceptors (Lipinski definition) is 2. The van der Waals surface area contributed by atoms with Crippen LogP contribution in [0, 0.1) is 0 Å². The molecule has 0 aliphatic heterocycles. The molecule has 0 heterocycles. The molecule has 3 heteroatoms. The van der Waals surface area contributed by atoms with Gasteiger partial charge in [0.25, 0.3) is 0 Å². The molecule has 2 nitrogen and oxygen atoms in total. The second-order valence-corrected chi connectivity index (χ2v) is 4.41. The van der Waals surface area contributed by atoms with Crippen LogP contribution < -0.4 is 4.74 Å². The fourth-order valence-electron chi connectivity index (χ4n) is 1.08. The third kappa shape index (κ3) is 4.82. The lowest BCUT2D eigenvalue weighted by Gasteiger charge is -2.06. The second-order valence-electron chi connectivity index (χ2n) is 2.68. The van der Waals surface area contributed by atoms with E-state index in [2.05, 4.69) is 0 Å². The standard InChI is InChI=1S/C10H12O2S.C2H6/c1-12-10-6-4-3-5-9(10)7-13(2)8-11;1-2/h3-6H,7H2,1-2H3;1-2H3. The molecule has 0 N–H and O–H groups in total. The molecule has 0 bridgehead atoms. The average Bonchev–Trinajstić information content (AvgIpc) is 2.32. The molecule has 1 atom stereocenters. The van der Waals surface area contributed by atoms with Crippen LogP contribution in [0.15, 0.2) is 24.3 Å². The molecule has 0 aliphatic carbocycles. The van der Waals surface area contributed by atoms with Crippen LogP contribution in [0.25, 0.3) is 0 Å². The third-order valence-electron chi connectivity index (χ3n) is 1.71. The predicted molar refractivity (Wildman–Crippen MR) is 67.3 cm³/mol. The van der Waals surface area contributed by atoms with Crippen LogP contribution >= 0.6 is 10.5 Å². The number of carbonyl (C=O) groups excluding carboxylic acids is 1. The van der Waals surface area contributed by atoms with Crippen molar-refractivity contribution < 1.29 is 9.53 Å². The minimum absolute atomic E-state index is 0.325. The molecule has 0 fully saturated rings. The lowest BCUT2D eigenvalue weighted by molar-refractivity contribution is 0.411. The fraction of sp³-hybridized carbons (Fsp3) is 0.417. The minimum atomic E-state index is -0.325. The molecule has 0 aliphatic rings. The van der Waals surface area contributed by atoms with Gasteiger partial charge in [0.05, 0.1) is 7.11 Å². The highest BCUT2D eigenvalue weighted by Crippen LogP contribution is 2.23. The molecule has 0 aromatic heterocycles. The summed E-state index contributed by atoms with van der Waals surface area (Å²) in [6.07, 6.45) is 1.87. The molecule has 1 aromatic rings. The Morgan fingerprint density at radius 1 is 1.33 bits per heavy atom. The second kappa shape index (κ2) is 8.27. The summed E-state index contributed by atoms with van der Waals surface area (Å²) in [5.41, 5.74) is 1.07. The first-order valence-corrected chi connectivity index (χ1v) is 6.70. The molecule has 0 saturated heterocycles. The third-order valence-corrected chi connectivity index (χ3v) is 2.74. The van der Waals surface area contributed by atoms with Crippen LogP contribution in [-0.2, 0) is 10.5 Å². The number of benzene rings is 1. The quantitative estimate of drug-likeness (QED) is 0.740. The highest BCUT2D eigenvalue weighted by atomic mass is 32.2. The molecular formula is C12H18O2S. The molecule has 15 heavy (non-hydrogen) atoms. The van der Waals surface area contributed by atoms with Gasteiger partial charge >= 0.3 is 0 Å². The van der Waals surface area contributed by atoms with E-state index in [0.29, 0.717) is 5.75 Å². The molecular weight excluding hydrogens is 208 g/mol. The monoisotopic (exact) mass is 226 g/mol. The van der Waals surface area contributed by atoms with Gasteiger partial charge in [-0.25, -0.2) is 4.79 Å². The van der Waals surface area contributed by atoms with Crippen molar-refractivity contribution in [1.29, 1.82) is 0 Å². The first-order chi connectivity index (χ1) is 7.27. The SMILES string of the molecule is CC.COc1ccccc1CS(C)=C=O. The first-order valence-electron chi connectivity index (χ1n) is 4.90. The van der Waals surface area contributed by atoms with Crippen molar-refractivity contribution in [2.45, 2.75) is 19.6 Å². The Kier molecular flexibility index (Phi) is 7.69. The van der Waals surface area contributed by atoms with E-state index < -0.39 is 0 Å². The van der Waals surface area contributed by atoms with Crippen molar-refractivity contribution in [3.63, 3.8) is 0 Å². The van der Waals surface area contributed by atoms with Crippen LogP contribution in [0.2, 0.25) is 0 Å². The zero-order valence-corrected chi connectivity index (χ0v) is 10.6. The van der Waals surface area contributed by atoms with Gasteiger partial charge in [0.1, 0.15) is 5.75 Å². The molecule has 0 saturated carbocycles. The van der Waals surface area contributed by atoms with Gasteiger partial charge in [-0.3, -0.25) is 0 Å². The maximum Gasteiger partial charge on any atom is 0.155 e. The number of rotatable bonds is 3. The van der Waals surface area contributed by atoms with Gasteiger partial charge in [0.2, 0.25) is 0 Å². The van der Waals surface area contributed by atoms with E-state index >= 15 is 0 Å².